The highest BCUT2D eigenvalue weighted by Crippen LogP contribution is 2.27. The predicted molar refractivity (Wildman–Crippen MR) is 131 cm³/mol. The van der Waals surface area contributed by atoms with Gasteiger partial charge in [-0.15, -0.1) is 0 Å². The third kappa shape index (κ3) is 5.62. The number of anilines is 1. The molecule has 4 nitrogen and oxygen atoms in total. The molecule has 2 aromatic carbocycles. The topological polar surface area (TPSA) is 24.3 Å². The fraction of sp³-hybridized carbons (Fsp3) is 0.400. The normalized spacial score (nSPS) is 14.9. The summed E-state index contributed by atoms with van der Waals surface area (Å²) >= 11 is 12.2. The molecule has 0 N–H and O–H groups in total. The van der Waals surface area contributed by atoms with Crippen molar-refractivity contribution >= 4 is 28.9 Å². The predicted octanol–water partition coefficient (Wildman–Crippen LogP) is 5.89. The average molecular weight is 457 g/mol. The smallest absolute Gasteiger partial charge is 0.0648 e. The number of rotatable bonds is 8. The van der Waals surface area contributed by atoms with Crippen molar-refractivity contribution in [1.29, 1.82) is 0 Å². The van der Waals surface area contributed by atoms with Crippen molar-refractivity contribution in [2.45, 2.75) is 32.6 Å². The lowest BCUT2D eigenvalue weighted by Crippen LogP contribution is -2.46. The molecule has 31 heavy (non-hydrogen) atoms. The van der Waals surface area contributed by atoms with Crippen LogP contribution in [0, 0.1) is 0 Å². The van der Waals surface area contributed by atoms with E-state index in [2.05, 4.69) is 63.9 Å². The van der Waals surface area contributed by atoms with Gasteiger partial charge in [-0.2, -0.15) is 5.10 Å². The molecular weight excluding hydrogens is 427 g/mol. The minimum atomic E-state index is 0.612. The summed E-state index contributed by atoms with van der Waals surface area (Å²) < 4.78 is 2.13. The summed E-state index contributed by atoms with van der Waals surface area (Å²) in [5, 5.41) is 6.10. The molecule has 0 bridgehead atoms. The first kappa shape index (κ1) is 22.2. The summed E-state index contributed by atoms with van der Waals surface area (Å²) in [6, 6.07) is 18.7. The average Bonchev–Trinajstić information content (AvgIpc) is 3.20. The Kier molecular flexibility index (Phi) is 7.54. The molecule has 0 radical (unpaired) electrons. The zero-order chi connectivity index (χ0) is 21.6. The minimum absolute atomic E-state index is 0.612. The number of halogens is 2. The summed E-state index contributed by atoms with van der Waals surface area (Å²) in [6.07, 6.45) is 4.33. The van der Waals surface area contributed by atoms with Gasteiger partial charge in [-0.1, -0.05) is 54.7 Å². The molecule has 0 unspecified atom stereocenters. The van der Waals surface area contributed by atoms with Crippen LogP contribution in [-0.4, -0.2) is 47.4 Å². The van der Waals surface area contributed by atoms with Crippen LogP contribution in [0.3, 0.4) is 0 Å². The molecule has 1 aliphatic heterocycles. The maximum Gasteiger partial charge on any atom is 0.0648 e. The first-order valence-corrected chi connectivity index (χ1v) is 11.9. The Morgan fingerprint density at radius 1 is 0.839 bits per heavy atom. The van der Waals surface area contributed by atoms with Gasteiger partial charge in [0, 0.05) is 37.6 Å². The van der Waals surface area contributed by atoms with Crippen LogP contribution in [0.2, 0.25) is 10.0 Å². The Bertz CT molecular complexity index is 978. The molecule has 1 aliphatic rings. The zero-order valence-corrected chi connectivity index (χ0v) is 19.6. The van der Waals surface area contributed by atoms with Gasteiger partial charge in [0.15, 0.2) is 0 Å². The number of aromatic nitrogens is 2. The van der Waals surface area contributed by atoms with Gasteiger partial charge in [-0.25, -0.2) is 4.68 Å². The number of benzene rings is 2. The second kappa shape index (κ2) is 10.5. The molecule has 0 saturated carbocycles. The van der Waals surface area contributed by atoms with Crippen molar-refractivity contribution in [2.24, 2.45) is 0 Å². The van der Waals surface area contributed by atoms with Gasteiger partial charge in [0.05, 0.1) is 21.4 Å². The van der Waals surface area contributed by atoms with Gasteiger partial charge >= 0.3 is 0 Å². The third-order valence-corrected chi connectivity index (χ3v) is 6.63. The van der Waals surface area contributed by atoms with Crippen molar-refractivity contribution in [3.63, 3.8) is 0 Å². The van der Waals surface area contributed by atoms with Crippen LogP contribution >= 0.6 is 23.2 Å². The SMILES string of the molecule is CCCc1cc(CCCN2CCN(c3ccc(Cl)c(Cl)c3)CC2)n(-c2ccccc2)n1. The molecule has 1 saturated heterocycles. The summed E-state index contributed by atoms with van der Waals surface area (Å²) in [5.41, 5.74) is 4.81. The molecular formula is C25H30Cl2N4. The van der Waals surface area contributed by atoms with Crippen LogP contribution in [-0.2, 0) is 12.8 Å². The third-order valence-electron chi connectivity index (χ3n) is 5.89. The van der Waals surface area contributed by atoms with E-state index < -0.39 is 0 Å². The van der Waals surface area contributed by atoms with Crippen LogP contribution in [0.1, 0.15) is 31.2 Å². The largest absolute Gasteiger partial charge is 0.369 e. The van der Waals surface area contributed by atoms with E-state index in [-0.39, 0.29) is 0 Å². The second-order valence-corrected chi connectivity index (χ2v) is 8.97. The zero-order valence-electron chi connectivity index (χ0n) is 18.1. The van der Waals surface area contributed by atoms with E-state index in [1.807, 2.05) is 12.1 Å². The van der Waals surface area contributed by atoms with Gasteiger partial charge in [-0.05, 0) is 62.2 Å². The monoisotopic (exact) mass is 456 g/mol. The lowest BCUT2D eigenvalue weighted by atomic mass is 10.1. The molecule has 1 aromatic heterocycles. The first-order valence-electron chi connectivity index (χ1n) is 11.2. The highest BCUT2D eigenvalue weighted by molar-refractivity contribution is 6.42. The molecule has 0 amide bonds. The molecule has 0 aliphatic carbocycles. The molecule has 3 aromatic rings. The maximum atomic E-state index is 6.19. The highest BCUT2D eigenvalue weighted by Gasteiger charge is 2.18. The van der Waals surface area contributed by atoms with E-state index >= 15 is 0 Å². The van der Waals surface area contributed by atoms with E-state index in [4.69, 9.17) is 28.3 Å². The lowest BCUT2D eigenvalue weighted by molar-refractivity contribution is 0.254. The van der Waals surface area contributed by atoms with Gasteiger partial charge in [0.25, 0.3) is 0 Å². The van der Waals surface area contributed by atoms with Crippen molar-refractivity contribution < 1.29 is 0 Å². The lowest BCUT2D eigenvalue weighted by Gasteiger charge is -2.36. The van der Waals surface area contributed by atoms with E-state index in [1.54, 1.807) is 0 Å². The van der Waals surface area contributed by atoms with Crippen LogP contribution in [0.4, 0.5) is 5.69 Å². The Balaban J connectivity index is 1.31. The fourth-order valence-corrected chi connectivity index (χ4v) is 4.51. The summed E-state index contributed by atoms with van der Waals surface area (Å²) in [5.74, 6) is 0. The summed E-state index contributed by atoms with van der Waals surface area (Å²) in [7, 11) is 0. The molecule has 0 spiro atoms. The van der Waals surface area contributed by atoms with E-state index in [0.717, 1.165) is 69.8 Å². The number of aryl methyl sites for hydroxylation is 2. The Morgan fingerprint density at radius 3 is 2.32 bits per heavy atom. The van der Waals surface area contributed by atoms with Gasteiger partial charge in [-0.3, -0.25) is 4.90 Å². The van der Waals surface area contributed by atoms with Crippen molar-refractivity contribution in [3.8, 4) is 5.69 Å². The van der Waals surface area contributed by atoms with Crippen LogP contribution in [0.25, 0.3) is 5.69 Å². The first-order chi connectivity index (χ1) is 15.1. The summed E-state index contributed by atoms with van der Waals surface area (Å²) in [6.45, 7) is 7.48. The van der Waals surface area contributed by atoms with E-state index in [1.165, 1.54) is 11.4 Å². The van der Waals surface area contributed by atoms with Crippen LogP contribution in [0.5, 0.6) is 0 Å². The molecule has 164 valence electrons. The fourth-order valence-electron chi connectivity index (χ4n) is 4.22. The van der Waals surface area contributed by atoms with Crippen molar-refractivity contribution in [1.82, 2.24) is 14.7 Å². The van der Waals surface area contributed by atoms with Crippen molar-refractivity contribution in [2.75, 3.05) is 37.6 Å². The van der Waals surface area contributed by atoms with Crippen LogP contribution < -0.4 is 4.90 Å². The van der Waals surface area contributed by atoms with Gasteiger partial charge in [0.1, 0.15) is 0 Å². The molecule has 0 atom stereocenters. The van der Waals surface area contributed by atoms with Crippen molar-refractivity contribution in [3.05, 3.63) is 76.0 Å². The second-order valence-electron chi connectivity index (χ2n) is 8.16. The highest BCUT2D eigenvalue weighted by atomic mass is 35.5. The molecule has 1 fully saturated rings. The molecule has 4 rings (SSSR count). The number of para-hydroxylation sites is 1. The molecule has 2 heterocycles. The van der Waals surface area contributed by atoms with Gasteiger partial charge < -0.3 is 4.90 Å². The van der Waals surface area contributed by atoms with Gasteiger partial charge in [0.2, 0.25) is 0 Å². The number of hydrogen-bond acceptors (Lipinski definition) is 3. The Morgan fingerprint density at radius 2 is 1.61 bits per heavy atom. The number of hydrogen-bond donors (Lipinski definition) is 0. The molecule has 6 heteroatoms. The maximum absolute atomic E-state index is 6.19. The number of piperazine rings is 1. The minimum Gasteiger partial charge on any atom is -0.369 e. The Labute approximate surface area is 195 Å². The number of nitrogens with zero attached hydrogens (tertiary/aromatic N) is 4. The van der Waals surface area contributed by atoms with E-state index in [9.17, 15) is 0 Å². The summed E-state index contributed by atoms with van der Waals surface area (Å²) in [4.78, 5) is 4.95. The standard InChI is InChI=1S/C25H30Cl2N4/c1-2-7-20-18-23(31(28-20)21-8-4-3-5-9-21)10-6-13-29-14-16-30(17-15-29)22-11-12-24(26)25(27)19-22/h3-5,8-9,11-12,18-19H,2,6-7,10,13-17H2,1H3. The van der Waals surface area contributed by atoms with Crippen LogP contribution in [0.15, 0.2) is 54.6 Å². The quantitative estimate of drug-likeness (QED) is 0.422. The Hall–Kier alpha value is -2.01. The van der Waals surface area contributed by atoms with E-state index in [0.29, 0.717) is 10.0 Å².